The predicted octanol–water partition coefficient (Wildman–Crippen LogP) is 0.906. The standard InChI is InChI=1S/C18H19FN4O4/c1-27-15-5-3-12(11-13(15)19)17(25)22-7-2-8-23(10-9-22)18(26)14-4-6-16(24)21-20-14/h3-6,11H,2,7-10H2,1H3,(H,21,24). The van der Waals surface area contributed by atoms with Crippen LogP contribution in [-0.2, 0) is 0 Å². The first-order chi connectivity index (χ1) is 13.0. The number of nitrogens with one attached hydrogen (secondary N) is 1. The highest BCUT2D eigenvalue weighted by molar-refractivity contribution is 5.95. The molecule has 0 bridgehead atoms. The van der Waals surface area contributed by atoms with Crippen LogP contribution in [0.15, 0.2) is 35.1 Å². The third-order valence-corrected chi connectivity index (χ3v) is 4.37. The zero-order chi connectivity index (χ0) is 19.4. The topological polar surface area (TPSA) is 95.6 Å². The molecule has 3 rings (SSSR count). The Kier molecular flexibility index (Phi) is 5.49. The molecule has 1 aliphatic rings. The van der Waals surface area contributed by atoms with Gasteiger partial charge in [-0.3, -0.25) is 14.4 Å². The molecule has 27 heavy (non-hydrogen) atoms. The van der Waals surface area contributed by atoms with Crippen molar-refractivity contribution in [3.8, 4) is 5.75 Å². The number of H-pyrrole nitrogens is 1. The number of aromatic amines is 1. The molecule has 0 aliphatic carbocycles. The van der Waals surface area contributed by atoms with Crippen molar-refractivity contribution in [2.75, 3.05) is 33.3 Å². The Morgan fingerprint density at radius 3 is 2.37 bits per heavy atom. The van der Waals surface area contributed by atoms with Crippen molar-refractivity contribution in [1.82, 2.24) is 20.0 Å². The first-order valence-corrected chi connectivity index (χ1v) is 8.47. The molecule has 2 amide bonds. The van der Waals surface area contributed by atoms with Gasteiger partial charge in [-0.2, -0.15) is 5.10 Å². The van der Waals surface area contributed by atoms with Crippen molar-refractivity contribution in [2.24, 2.45) is 0 Å². The highest BCUT2D eigenvalue weighted by atomic mass is 19.1. The van der Waals surface area contributed by atoms with Gasteiger partial charge >= 0.3 is 0 Å². The summed E-state index contributed by atoms with van der Waals surface area (Å²) in [5.74, 6) is -1.13. The third-order valence-electron chi connectivity index (χ3n) is 4.37. The Hall–Kier alpha value is -3.23. The fourth-order valence-electron chi connectivity index (χ4n) is 2.93. The fourth-order valence-corrected chi connectivity index (χ4v) is 2.93. The molecular formula is C18H19FN4O4. The molecule has 9 heteroatoms. The summed E-state index contributed by atoms with van der Waals surface area (Å²) < 4.78 is 18.7. The van der Waals surface area contributed by atoms with Gasteiger partial charge in [-0.15, -0.1) is 0 Å². The smallest absolute Gasteiger partial charge is 0.274 e. The number of rotatable bonds is 3. The third kappa shape index (κ3) is 4.13. The van der Waals surface area contributed by atoms with E-state index in [4.69, 9.17) is 4.74 Å². The number of carbonyl (C=O) groups excluding carboxylic acids is 2. The predicted molar refractivity (Wildman–Crippen MR) is 94.2 cm³/mol. The van der Waals surface area contributed by atoms with Crippen LogP contribution in [0.25, 0.3) is 0 Å². The van der Waals surface area contributed by atoms with E-state index in [2.05, 4.69) is 10.2 Å². The lowest BCUT2D eigenvalue weighted by molar-refractivity contribution is 0.0714. The van der Waals surface area contributed by atoms with Crippen LogP contribution in [0, 0.1) is 5.82 Å². The lowest BCUT2D eigenvalue weighted by Gasteiger charge is -2.22. The zero-order valence-electron chi connectivity index (χ0n) is 14.8. The summed E-state index contributed by atoms with van der Waals surface area (Å²) in [5.41, 5.74) is -0.00658. The molecule has 1 aliphatic heterocycles. The highest BCUT2D eigenvalue weighted by Crippen LogP contribution is 2.19. The van der Waals surface area contributed by atoms with E-state index >= 15 is 0 Å². The number of methoxy groups -OCH3 is 1. The van der Waals surface area contributed by atoms with Crippen LogP contribution < -0.4 is 10.3 Å². The van der Waals surface area contributed by atoms with E-state index in [9.17, 15) is 18.8 Å². The summed E-state index contributed by atoms with van der Waals surface area (Å²) >= 11 is 0. The Labute approximate surface area is 154 Å². The summed E-state index contributed by atoms with van der Waals surface area (Å²) in [4.78, 5) is 39.4. The van der Waals surface area contributed by atoms with Crippen molar-refractivity contribution in [3.63, 3.8) is 0 Å². The number of aromatic nitrogens is 2. The molecule has 0 unspecified atom stereocenters. The van der Waals surface area contributed by atoms with E-state index in [-0.39, 0.29) is 34.4 Å². The van der Waals surface area contributed by atoms with Crippen LogP contribution in [0.1, 0.15) is 27.3 Å². The summed E-state index contributed by atoms with van der Waals surface area (Å²) in [6.07, 6.45) is 0.583. The normalized spacial score (nSPS) is 14.6. The summed E-state index contributed by atoms with van der Waals surface area (Å²) in [7, 11) is 1.36. The van der Waals surface area contributed by atoms with Gasteiger partial charge in [0.05, 0.1) is 7.11 Å². The van der Waals surface area contributed by atoms with Gasteiger partial charge in [0.1, 0.15) is 5.69 Å². The highest BCUT2D eigenvalue weighted by Gasteiger charge is 2.24. The number of nitrogens with zero attached hydrogens (tertiary/aromatic N) is 3. The summed E-state index contributed by atoms with van der Waals surface area (Å²) in [6, 6.07) is 6.70. The fraction of sp³-hybridized carbons (Fsp3) is 0.333. The van der Waals surface area contributed by atoms with Crippen molar-refractivity contribution < 1.29 is 18.7 Å². The van der Waals surface area contributed by atoms with E-state index < -0.39 is 5.82 Å². The maximum atomic E-state index is 13.9. The van der Waals surface area contributed by atoms with E-state index in [0.717, 1.165) is 6.07 Å². The SMILES string of the molecule is COc1ccc(C(=O)N2CCCN(C(=O)c3ccc(=O)[nH]n3)CC2)cc1F. The quantitative estimate of drug-likeness (QED) is 0.861. The number of hydrogen-bond acceptors (Lipinski definition) is 5. The first kappa shape index (κ1) is 18.6. The van der Waals surface area contributed by atoms with Crippen LogP contribution >= 0.6 is 0 Å². The number of hydrogen-bond donors (Lipinski definition) is 1. The second-order valence-corrected chi connectivity index (χ2v) is 6.09. The monoisotopic (exact) mass is 374 g/mol. The minimum atomic E-state index is -0.598. The minimum absolute atomic E-state index is 0.0765. The Morgan fingerprint density at radius 2 is 1.78 bits per heavy atom. The molecule has 1 N–H and O–H groups in total. The Balaban J connectivity index is 1.68. The molecule has 1 saturated heterocycles. The molecule has 1 aromatic carbocycles. The molecule has 142 valence electrons. The number of carbonyl (C=O) groups is 2. The van der Waals surface area contributed by atoms with Crippen molar-refractivity contribution in [1.29, 1.82) is 0 Å². The molecule has 8 nitrogen and oxygen atoms in total. The van der Waals surface area contributed by atoms with Gasteiger partial charge in [-0.1, -0.05) is 0 Å². The van der Waals surface area contributed by atoms with Gasteiger partial charge in [0.2, 0.25) is 0 Å². The molecular weight excluding hydrogens is 355 g/mol. The number of benzene rings is 1. The summed E-state index contributed by atoms with van der Waals surface area (Å²) in [6.45, 7) is 1.56. The molecule has 0 atom stereocenters. The zero-order valence-corrected chi connectivity index (χ0v) is 14.8. The van der Waals surface area contributed by atoms with Crippen LogP contribution in [0.5, 0.6) is 5.75 Å². The van der Waals surface area contributed by atoms with Crippen molar-refractivity contribution >= 4 is 11.8 Å². The van der Waals surface area contributed by atoms with Crippen molar-refractivity contribution in [2.45, 2.75) is 6.42 Å². The Morgan fingerprint density at radius 1 is 1.07 bits per heavy atom. The molecule has 1 aromatic heterocycles. The lowest BCUT2D eigenvalue weighted by atomic mass is 10.1. The van der Waals surface area contributed by atoms with Gasteiger partial charge in [-0.05, 0) is 30.7 Å². The van der Waals surface area contributed by atoms with Gasteiger partial charge in [-0.25, -0.2) is 9.49 Å². The van der Waals surface area contributed by atoms with Gasteiger partial charge in [0.15, 0.2) is 11.6 Å². The Bertz CT molecular complexity index is 894. The van der Waals surface area contributed by atoms with Crippen LogP contribution in [0.2, 0.25) is 0 Å². The van der Waals surface area contributed by atoms with Crippen molar-refractivity contribution in [3.05, 3.63) is 57.8 Å². The molecule has 2 heterocycles. The van der Waals surface area contributed by atoms with E-state index in [0.29, 0.717) is 32.6 Å². The maximum absolute atomic E-state index is 13.9. The van der Waals surface area contributed by atoms with E-state index in [1.807, 2.05) is 0 Å². The van der Waals surface area contributed by atoms with Crippen LogP contribution in [-0.4, -0.2) is 65.1 Å². The second kappa shape index (κ2) is 7.98. The maximum Gasteiger partial charge on any atom is 0.274 e. The van der Waals surface area contributed by atoms with Gasteiger partial charge in [0, 0.05) is 37.8 Å². The number of halogens is 1. The van der Waals surface area contributed by atoms with Crippen LogP contribution in [0.4, 0.5) is 4.39 Å². The molecule has 0 spiro atoms. The van der Waals surface area contributed by atoms with Gasteiger partial charge < -0.3 is 14.5 Å². The largest absolute Gasteiger partial charge is 0.494 e. The van der Waals surface area contributed by atoms with Gasteiger partial charge in [0.25, 0.3) is 17.4 Å². The average Bonchev–Trinajstić information content (AvgIpc) is 2.93. The summed E-state index contributed by atoms with van der Waals surface area (Å²) in [5, 5.41) is 5.98. The molecule has 2 aromatic rings. The molecule has 0 saturated carbocycles. The number of ether oxygens (including phenoxy) is 1. The van der Waals surface area contributed by atoms with Crippen LogP contribution in [0.3, 0.4) is 0 Å². The van der Waals surface area contributed by atoms with E-state index in [1.54, 1.807) is 9.80 Å². The van der Waals surface area contributed by atoms with E-state index in [1.165, 1.54) is 31.4 Å². The number of amides is 2. The minimum Gasteiger partial charge on any atom is -0.494 e. The molecule has 0 radical (unpaired) electrons. The second-order valence-electron chi connectivity index (χ2n) is 6.09. The molecule has 1 fully saturated rings. The lowest BCUT2D eigenvalue weighted by Crippen LogP contribution is -2.37. The average molecular weight is 374 g/mol. The first-order valence-electron chi connectivity index (χ1n) is 8.47.